The van der Waals surface area contributed by atoms with E-state index >= 15 is 0 Å². The SMILES string of the molecule is CCC(C)Sc1nnc(Cc2cc(=O)[nH]c(=O)[nH]2)n1-c1cccc(OC)c1. The lowest BCUT2D eigenvalue weighted by Crippen LogP contribution is -2.23. The van der Waals surface area contributed by atoms with Gasteiger partial charge in [0.05, 0.1) is 12.8 Å². The van der Waals surface area contributed by atoms with Crippen LogP contribution in [0.5, 0.6) is 5.75 Å². The first-order chi connectivity index (χ1) is 13.0. The number of thioether (sulfide) groups is 1. The number of benzene rings is 1. The lowest BCUT2D eigenvalue weighted by Gasteiger charge is -2.13. The highest BCUT2D eigenvalue weighted by Gasteiger charge is 2.18. The first-order valence-electron chi connectivity index (χ1n) is 8.58. The van der Waals surface area contributed by atoms with Gasteiger partial charge in [0.2, 0.25) is 0 Å². The van der Waals surface area contributed by atoms with Gasteiger partial charge in [0.25, 0.3) is 5.56 Å². The average molecular weight is 387 g/mol. The molecule has 8 nitrogen and oxygen atoms in total. The molecule has 0 aliphatic carbocycles. The monoisotopic (exact) mass is 387 g/mol. The van der Waals surface area contributed by atoms with Gasteiger partial charge in [-0.2, -0.15) is 0 Å². The van der Waals surface area contributed by atoms with Gasteiger partial charge in [-0.3, -0.25) is 14.3 Å². The molecule has 0 amide bonds. The molecule has 2 heterocycles. The molecule has 2 aromatic heterocycles. The van der Waals surface area contributed by atoms with Crippen LogP contribution in [0.4, 0.5) is 0 Å². The van der Waals surface area contributed by atoms with E-state index in [0.29, 0.717) is 16.8 Å². The number of rotatable bonds is 7. The molecule has 0 fully saturated rings. The predicted molar refractivity (Wildman–Crippen MR) is 104 cm³/mol. The molecule has 2 N–H and O–H groups in total. The zero-order valence-electron chi connectivity index (χ0n) is 15.4. The highest BCUT2D eigenvalue weighted by atomic mass is 32.2. The third-order valence-corrected chi connectivity index (χ3v) is 5.27. The summed E-state index contributed by atoms with van der Waals surface area (Å²) in [7, 11) is 1.61. The van der Waals surface area contributed by atoms with Crippen LogP contribution in [0, 0.1) is 0 Å². The summed E-state index contributed by atoms with van der Waals surface area (Å²) in [5.41, 5.74) is 0.335. The maximum atomic E-state index is 11.6. The molecule has 9 heteroatoms. The van der Waals surface area contributed by atoms with Gasteiger partial charge in [0, 0.05) is 29.5 Å². The van der Waals surface area contributed by atoms with Crippen LogP contribution in [0.25, 0.3) is 5.69 Å². The Balaban J connectivity index is 2.07. The average Bonchev–Trinajstić information content (AvgIpc) is 3.02. The van der Waals surface area contributed by atoms with Gasteiger partial charge in [0.15, 0.2) is 5.16 Å². The molecule has 142 valence electrons. The van der Waals surface area contributed by atoms with Crippen molar-refractivity contribution >= 4 is 11.8 Å². The van der Waals surface area contributed by atoms with Crippen molar-refractivity contribution < 1.29 is 4.74 Å². The van der Waals surface area contributed by atoms with E-state index in [1.54, 1.807) is 18.9 Å². The highest BCUT2D eigenvalue weighted by molar-refractivity contribution is 7.99. The molecular formula is C18H21N5O3S. The molecule has 1 aromatic carbocycles. The number of nitrogens with one attached hydrogen (secondary N) is 2. The van der Waals surface area contributed by atoms with Crippen LogP contribution in [-0.4, -0.2) is 37.1 Å². The van der Waals surface area contributed by atoms with Crippen LogP contribution in [0.3, 0.4) is 0 Å². The fraction of sp³-hybridized carbons (Fsp3) is 0.333. The molecule has 0 radical (unpaired) electrons. The summed E-state index contributed by atoms with van der Waals surface area (Å²) in [6.07, 6.45) is 1.26. The quantitative estimate of drug-likeness (QED) is 0.602. The van der Waals surface area contributed by atoms with Crippen molar-refractivity contribution in [1.29, 1.82) is 0 Å². The van der Waals surface area contributed by atoms with Crippen molar-refractivity contribution in [3.05, 3.63) is 62.7 Å². The second-order valence-corrected chi connectivity index (χ2v) is 7.47. The van der Waals surface area contributed by atoms with E-state index in [9.17, 15) is 9.59 Å². The number of aromatic nitrogens is 5. The maximum absolute atomic E-state index is 11.6. The Hall–Kier alpha value is -2.81. The molecule has 3 aromatic rings. The number of hydrogen-bond donors (Lipinski definition) is 2. The number of ether oxygens (including phenoxy) is 1. The van der Waals surface area contributed by atoms with Crippen molar-refractivity contribution in [3.8, 4) is 11.4 Å². The number of H-pyrrole nitrogens is 2. The minimum absolute atomic E-state index is 0.268. The Morgan fingerprint density at radius 2 is 2.04 bits per heavy atom. The van der Waals surface area contributed by atoms with E-state index < -0.39 is 11.2 Å². The Bertz CT molecular complexity index is 1010. The van der Waals surface area contributed by atoms with Crippen LogP contribution in [0.1, 0.15) is 31.8 Å². The van der Waals surface area contributed by atoms with Gasteiger partial charge in [-0.05, 0) is 18.6 Å². The van der Waals surface area contributed by atoms with Crippen molar-refractivity contribution in [2.75, 3.05) is 7.11 Å². The van der Waals surface area contributed by atoms with Crippen molar-refractivity contribution in [2.45, 2.75) is 37.1 Å². The normalized spacial score (nSPS) is 12.1. The van der Waals surface area contributed by atoms with Crippen LogP contribution in [-0.2, 0) is 6.42 Å². The zero-order valence-corrected chi connectivity index (χ0v) is 16.2. The zero-order chi connectivity index (χ0) is 19.4. The van der Waals surface area contributed by atoms with Gasteiger partial charge >= 0.3 is 5.69 Å². The molecular weight excluding hydrogens is 366 g/mol. The van der Waals surface area contributed by atoms with Crippen LogP contribution in [0.2, 0.25) is 0 Å². The van der Waals surface area contributed by atoms with E-state index in [0.717, 1.165) is 23.0 Å². The largest absolute Gasteiger partial charge is 0.497 e. The summed E-state index contributed by atoms with van der Waals surface area (Å²) in [5, 5.41) is 9.76. The number of nitrogens with zero attached hydrogens (tertiary/aromatic N) is 3. The van der Waals surface area contributed by atoms with E-state index in [4.69, 9.17) is 4.74 Å². The van der Waals surface area contributed by atoms with Crippen molar-refractivity contribution in [2.24, 2.45) is 0 Å². The lowest BCUT2D eigenvalue weighted by atomic mass is 10.2. The molecule has 0 aliphatic heterocycles. The second kappa shape index (κ2) is 8.26. The van der Waals surface area contributed by atoms with Crippen LogP contribution < -0.4 is 16.0 Å². The molecule has 27 heavy (non-hydrogen) atoms. The predicted octanol–water partition coefficient (Wildman–Crippen LogP) is 2.13. The summed E-state index contributed by atoms with van der Waals surface area (Å²) in [4.78, 5) is 27.9. The Kier molecular flexibility index (Phi) is 5.80. The first-order valence-corrected chi connectivity index (χ1v) is 9.46. The fourth-order valence-electron chi connectivity index (χ4n) is 2.55. The molecule has 3 rings (SSSR count). The van der Waals surface area contributed by atoms with E-state index in [2.05, 4.69) is 34.0 Å². The Morgan fingerprint density at radius 1 is 1.22 bits per heavy atom. The summed E-state index contributed by atoms with van der Waals surface area (Å²) < 4.78 is 7.26. The van der Waals surface area contributed by atoms with Crippen molar-refractivity contribution in [3.63, 3.8) is 0 Å². The topological polar surface area (TPSA) is 106 Å². The van der Waals surface area contributed by atoms with Crippen LogP contribution >= 0.6 is 11.8 Å². The minimum atomic E-state index is -0.542. The summed E-state index contributed by atoms with van der Waals surface area (Å²) >= 11 is 1.62. The van der Waals surface area contributed by atoms with Gasteiger partial charge in [-0.15, -0.1) is 10.2 Å². The molecule has 1 unspecified atom stereocenters. The maximum Gasteiger partial charge on any atom is 0.325 e. The minimum Gasteiger partial charge on any atom is -0.497 e. The van der Waals surface area contributed by atoms with Gasteiger partial charge < -0.3 is 9.72 Å². The van der Waals surface area contributed by atoms with E-state index in [1.165, 1.54) is 6.07 Å². The number of hydrogen-bond acceptors (Lipinski definition) is 6. The Morgan fingerprint density at radius 3 is 2.74 bits per heavy atom. The summed E-state index contributed by atoms with van der Waals surface area (Å²) in [6, 6.07) is 8.95. The van der Waals surface area contributed by atoms with E-state index in [1.807, 2.05) is 28.8 Å². The first kappa shape index (κ1) is 19.0. The molecule has 0 saturated carbocycles. The van der Waals surface area contributed by atoms with E-state index in [-0.39, 0.29) is 6.42 Å². The summed E-state index contributed by atoms with van der Waals surface area (Å²) in [5.74, 6) is 1.34. The smallest absolute Gasteiger partial charge is 0.325 e. The van der Waals surface area contributed by atoms with Gasteiger partial charge in [-0.1, -0.05) is 31.7 Å². The third kappa shape index (κ3) is 4.48. The third-order valence-electron chi connectivity index (χ3n) is 4.06. The molecule has 0 bridgehead atoms. The molecule has 0 aliphatic rings. The second-order valence-electron chi connectivity index (χ2n) is 6.06. The van der Waals surface area contributed by atoms with Gasteiger partial charge in [0.1, 0.15) is 11.6 Å². The molecule has 0 saturated heterocycles. The standard InChI is InChI=1S/C18H21N5O3S/c1-4-11(2)27-18-22-21-15(8-12-9-16(24)20-17(25)19-12)23(18)13-6-5-7-14(10-13)26-3/h5-7,9-11H,4,8H2,1-3H3,(H2,19,20,24,25). The highest BCUT2D eigenvalue weighted by Crippen LogP contribution is 2.28. The summed E-state index contributed by atoms with van der Waals surface area (Å²) in [6.45, 7) is 4.25. The molecule has 1 atom stereocenters. The van der Waals surface area contributed by atoms with Gasteiger partial charge in [-0.25, -0.2) is 4.79 Å². The lowest BCUT2D eigenvalue weighted by molar-refractivity contribution is 0.414. The fourth-order valence-corrected chi connectivity index (χ4v) is 3.48. The Labute approximate surface area is 160 Å². The molecule has 0 spiro atoms. The number of aromatic amines is 2. The van der Waals surface area contributed by atoms with Crippen LogP contribution in [0.15, 0.2) is 45.1 Å². The number of methoxy groups -OCH3 is 1. The van der Waals surface area contributed by atoms with Crippen molar-refractivity contribution in [1.82, 2.24) is 24.7 Å².